The monoisotopic (exact) mass is 270 g/mol. The van der Waals surface area contributed by atoms with Gasteiger partial charge in [-0.05, 0) is 30.2 Å². The molecule has 0 bridgehead atoms. The fourth-order valence-corrected chi connectivity index (χ4v) is 2.73. The molecular formula is C15H14N2OS. The number of rotatable bonds is 4. The maximum atomic E-state index is 5.91. The summed E-state index contributed by atoms with van der Waals surface area (Å²) in [6, 6.07) is 15.8. The first-order chi connectivity index (χ1) is 9.33. The first-order valence-electron chi connectivity index (χ1n) is 6.15. The maximum absolute atomic E-state index is 5.91. The lowest BCUT2D eigenvalue weighted by Crippen LogP contribution is -1.95. The Morgan fingerprint density at radius 2 is 1.84 bits per heavy atom. The van der Waals surface area contributed by atoms with Gasteiger partial charge in [0.05, 0.1) is 0 Å². The van der Waals surface area contributed by atoms with Gasteiger partial charge < -0.3 is 10.2 Å². The molecule has 0 spiro atoms. The molecule has 0 aliphatic rings. The van der Waals surface area contributed by atoms with Crippen molar-refractivity contribution < 1.29 is 4.42 Å². The molecule has 0 amide bonds. The highest BCUT2D eigenvalue weighted by Gasteiger charge is 2.06. The van der Waals surface area contributed by atoms with Crippen LogP contribution in [0.3, 0.4) is 0 Å². The number of para-hydroxylation sites is 3. The summed E-state index contributed by atoms with van der Waals surface area (Å²) < 4.78 is 5.66. The number of thioether (sulfide) groups is 1. The van der Waals surface area contributed by atoms with Gasteiger partial charge in [-0.3, -0.25) is 0 Å². The number of anilines is 1. The van der Waals surface area contributed by atoms with Crippen LogP contribution in [0.1, 0.15) is 5.56 Å². The number of nitrogen functional groups attached to an aromatic ring is 1. The van der Waals surface area contributed by atoms with E-state index in [0.29, 0.717) is 0 Å². The lowest BCUT2D eigenvalue weighted by atomic mass is 10.1. The van der Waals surface area contributed by atoms with Gasteiger partial charge in [-0.25, -0.2) is 4.98 Å². The molecule has 96 valence electrons. The molecule has 0 fully saturated rings. The minimum atomic E-state index is 0.718. The number of benzene rings is 2. The van der Waals surface area contributed by atoms with Gasteiger partial charge in [0.25, 0.3) is 5.22 Å². The predicted octanol–water partition coefficient (Wildman–Crippen LogP) is 3.74. The van der Waals surface area contributed by atoms with Crippen LogP contribution in [0, 0.1) is 0 Å². The van der Waals surface area contributed by atoms with Crippen molar-refractivity contribution >= 4 is 28.5 Å². The fraction of sp³-hybridized carbons (Fsp3) is 0.133. The molecule has 0 unspecified atom stereocenters. The van der Waals surface area contributed by atoms with Gasteiger partial charge in [-0.15, -0.1) is 0 Å². The zero-order chi connectivity index (χ0) is 13.1. The molecule has 19 heavy (non-hydrogen) atoms. The van der Waals surface area contributed by atoms with E-state index in [9.17, 15) is 0 Å². The van der Waals surface area contributed by atoms with E-state index >= 15 is 0 Å². The van der Waals surface area contributed by atoms with Crippen LogP contribution >= 0.6 is 11.8 Å². The summed E-state index contributed by atoms with van der Waals surface area (Å²) in [5.74, 6) is 0.904. The summed E-state index contributed by atoms with van der Waals surface area (Å²) >= 11 is 1.62. The fourth-order valence-electron chi connectivity index (χ4n) is 1.92. The molecule has 0 saturated heterocycles. The van der Waals surface area contributed by atoms with Crippen LogP contribution in [0.4, 0.5) is 5.69 Å². The van der Waals surface area contributed by atoms with Crippen LogP contribution in [0.15, 0.2) is 58.2 Å². The molecule has 3 aromatic rings. The Morgan fingerprint density at radius 1 is 1.05 bits per heavy atom. The van der Waals surface area contributed by atoms with Crippen molar-refractivity contribution in [3.8, 4) is 0 Å². The number of nitrogens with two attached hydrogens (primary N) is 1. The van der Waals surface area contributed by atoms with E-state index in [1.807, 2.05) is 42.5 Å². The second-order valence-corrected chi connectivity index (χ2v) is 5.29. The quantitative estimate of drug-likeness (QED) is 0.579. The summed E-state index contributed by atoms with van der Waals surface area (Å²) in [7, 11) is 0. The predicted molar refractivity (Wildman–Crippen MR) is 79.3 cm³/mol. The molecule has 0 aliphatic carbocycles. The average molecular weight is 270 g/mol. The standard InChI is InChI=1S/C15H14N2OS/c16-12-6-2-1-5-11(12)9-10-19-15-17-13-7-3-4-8-14(13)18-15/h1-8H,9-10,16H2. The van der Waals surface area contributed by atoms with Crippen molar-refractivity contribution in [2.45, 2.75) is 11.6 Å². The number of aromatic nitrogens is 1. The molecule has 1 heterocycles. The Morgan fingerprint density at radius 3 is 2.68 bits per heavy atom. The lowest BCUT2D eigenvalue weighted by molar-refractivity contribution is 0.489. The topological polar surface area (TPSA) is 52.0 Å². The van der Waals surface area contributed by atoms with E-state index in [2.05, 4.69) is 11.1 Å². The van der Waals surface area contributed by atoms with Gasteiger partial charge in [-0.2, -0.15) is 0 Å². The molecule has 1 aromatic heterocycles. The highest BCUT2D eigenvalue weighted by atomic mass is 32.2. The van der Waals surface area contributed by atoms with Gasteiger partial charge in [0, 0.05) is 11.4 Å². The molecular weight excluding hydrogens is 256 g/mol. The van der Waals surface area contributed by atoms with E-state index < -0.39 is 0 Å². The first kappa shape index (κ1) is 12.1. The van der Waals surface area contributed by atoms with Crippen LogP contribution in [0.25, 0.3) is 11.1 Å². The van der Waals surface area contributed by atoms with Gasteiger partial charge in [-0.1, -0.05) is 42.1 Å². The molecule has 3 rings (SSSR count). The molecule has 0 saturated carbocycles. The van der Waals surface area contributed by atoms with Crippen molar-refractivity contribution in [2.24, 2.45) is 0 Å². The summed E-state index contributed by atoms with van der Waals surface area (Å²) in [6.07, 6.45) is 0.913. The molecule has 0 radical (unpaired) electrons. The van der Waals surface area contributed by atoms with E-state index in [4.69, 9.17) is 10.2 Å². The Kier molecular flexibility index (Phi) is 3.42. The van der Waals surface area contributed by atoms with Crippen LogP contribution in [-0.2, 0) is 6.42 Å². The summed E-state index contributed by atoms with van der Waals surface area (Å²) in [5.41, 5.74) is 9.68. The Bertz CT molecular complexity index is 660. The molecule has 3 nitrogen and oxygen atoms in total. The Balaban J connectivity index is 1.65. The summed E-state index contributed by atoms with van der Waals surface area (Å²) in [5, 5.41) is 0.718. The Hall–Kier alpha value is -1.94. The van der Waals surface area contributed by atoms with Crippen molar-refractivity contribution in [2.75, 3.05) is 11.5 Å². The Labute approximate surface area is 115 Å². The third-order valence-electron chi connectivity index (χ3n) is 2.93. The lowest BCUT2D eigenvalue weighted by Gasteiger charge is -2.03. The van der Waals surface area contributed by atoms with Gasteiger partial charge in [0.2, 0.25) is 0 Å². The smallest absolute Gasteiger partial charge is 0.256 e. The van der Waals surface area contributed by atoms with E-state index in [0.717, 1.165) is 34.2 Å². The third kappa shape index (κ3) is 2.74. The maximum Gasteiger partial charge on any atom is 0.256 e. The average Bonchev–Trinajstić information content (AvgIpc) is 2.83. The summed E-state index contributed by atoms with van der Waals surface area (Å²) in [4.78, 5) is 4.43. The van der Waals surface area contributed by atoms with Gasteiger partial charge in [0.1, 0.15) is 5.52 Å². The first-order valence-corrected chi connectivity index (χ1v) is 7.13. The molecule has 2 aromatic carbocycles. The molecule has 4 heteroatoms. The zero-order valence-electron chi connectivity index (χ0n) is 10.4. The molecule has 2 N–H and O–H groups in total. The highest BCUT2D eigenvalue weighted by molar-refractivity contribution is 7.99. The number of nitrogens with zero attached hydrogens (tertiary/aromatic N) is 1. The number of oxazole rings is 1. The number of aryl methyl sites for hydroxylation is 1. The van der Waals surface area contributed by atoms with Crippen LogP contribution in [0.2, 0.25) is 0 Å². The minimum Gasteiger partial charge on any atom is -0.431 e. The van der Waals surface area contributed by atoms with Crippen molar-refractivity contribution in [1.82, 2.24) is 4.98 Å². The van der Waals surface area contributed by atoms with E-state index in [1.165, 1.54) is 5.56 Å². The van der Waals surface area contributed by atoms with E-state index in [-0.39, 0.29) is 0 Å². The van der Waals surface area contributed by atoms with Crippen molar-refractivity contribution in [1.29, 1.82) is 0 Å². The minimum absolute atomic E-state index is 0.718. The number of hydrogen-bond acceptors (Lipinski definition) is 4. The van der Waals surface area contributed by atoms with Crippen molar-refractivity contribution in [3.63, 3.8) is 0 Å². The number of fused-ring (bicyclic) bond motifs is 1. The van der Waals surface area contributed by atoms with Crippen LogP contribution in [0.5, 0.6) is 0 Å². The highest BCUT2D eigenvalue weighted by Crippen LogP contribution is 2.24. The normalized spacial score (nSPS) is 10.9. The zero-order valence-corrected chi connectivity index (χ0v) is 11.2. The van der Waals surface area contributed by atoms with Crippen molar-refractivity contribution in [3.05, 3.63) is 54.1 Å². The van der Waals surface area contributed by atoms with Gasteiger partial charge in [0.15, 0.2) is 5.58 Å². The summed E-state index contributed by atoms with van der Waals surface area (Å²) in [6.45, 7) is 0. The van der Waals surface area contributed by atoms with E-state index in [1.54, 1.807) is 11.8 Å². The van der Waals surface area contributed by atoms with Crippen LogP contribution in [-0.4, -0.2) is 10.7 Å². The van der Waals surface area contributed by atoms with Crippen LogP contribution < -0.4 is 5.73 Å². The number of hydrogen-bond donors (Lipinski definition) is 1. The van der Waals surface area contributed by atoms with Gasteiger partial charge >= 0.3 is 0 Å². The molecule has 0 aliphatic heterocycles. The second kappa shape index (κ2) is 5.36. The SMILES string of the molecule is Nc1ccccc1CCSc1nc2ccccc2o1. The third-order valence-corrected chi connectivity index (χ3v) is 3.76. The largest absolute Gasteiger partial charge is 0.431 e. The molecule has 0 atom stereocenters. The second-order valence-electron chi connectivity index (χ2n) is 4.24.